The number of benzene rings is 2. The lowest BCUT2D eigenvalue weighted by Crippen LogP contribution is -2.36. The lowest BCUT2D eigenvalue weighted by Gasteiger charge is -2.17. The molecule has 0 saturated carbocycles. The smallest absolute Gasteiger partial charge is 0.234 e. The summed E-state index contributed by atoms with van der Waals surface area (Å²) >= 11 is 6.13. The highest BCUT2D eigenvalue weighted by Crippen LogP contribution is 2.16. The van der Waals surface area contributed by atoms with Gasteiger partial charge in [0.25, 0.3) is 0 Å². The van der Waals surface area contributed by atoms with Gasteiger partial charge in [0, 0.05) is 11.6 Å². The Bertz CT molecular complexity index is 676. The Morgan fingerprint density at radius 1 is 1.21 bits per heavy atom. The molecule has 0 aliphatic carbocycles. The van der Waals surface area contributed by atoms with Crippen molar-refractivity contribution >= 4 is 17.5 Å². The Balaban J connectivity index is 1.66. The second-order valence-electron chi connectivity index (χ2n) is 5.78. The second-order valence-corrected chi connectivity index (χ2v) is 6.19. The van der Waals surface area contributed by atoms with Gasteiger partial charge in [-0.05, 0) is 43.3 Å². The topological polar surface area (TPSA) is 41.6 Å². The van der Waals surface area contributed by atoms with E-state index in [2.05, 4.69) is 5.32 Å². The minimum Gasteiger partial charge on any atom is -0.492 e. The number of ether oxygens (including phenoxy) is 1. The third-order valence-electron chi connectivity index (χ3n) is 3.49. The molecule has 5 heteroatoms. The van der Waals surface area contributed by atoms with Crippen LogP contribution in [-0.4, -0.2) is 37.6 Å². The summed E-state index contributed by atoms with van der Waals surface area (Å²) in [6.07, 6.45) is 0. The number of aryl methyl sites for hydroxylation is 1. The first kappa shape index (κ1) is 18.3. The zero-order valence-corrected chi connectivity index (χ0v) is 14.8. The van der Waals surface area contributed by atoms with Crippen LogP contribution in [0, 0.1) is 6.92 Å². The molecule has 2 aromatic carbocycles. The molecule has 1 amide bonds. The summed E-state index contributed by atoms with van der Waals surface area (Å²) in [4.78, 5) is 13.9. The Morgan fingerprint density at radius 3 is 2.75 bits per heavy atom. The molecule has 4 nitrogen and oxygen atoms in total. The van der Waals surface area contributed by atoms with Gasteiger partial charge in [-0.2, -0.15) is 0 Å². The van der Waals surface area contributed by atoms with E-state index < -0.39 is 0 Å². The van der Waals surface area contributed by atoms with Crippen molar-refractivity contribution in [3.63, 3.8) is 0 Å². The minimum absolute atomic E-state index is 0.0302. The molecule has 0 unspecified atom stereocenters. The third-order valence-corrected chi connectivity index (χ3v) is 3.86. The number of hydrogen-bond acceptors (Lipinski definition) is 3. The fourth-order valence-electron chi connectivity index (χ4n) is 2.34. The molecule has 0 heterocycles. The second kappa shape index (κ2) is 9.30. The van der Waals surface area contributed by atoms with E-state index >= 15 is 0 Å². The van der Waals surface area contributed by atoms with Crippen molar-refractivity contribution in [3.8, 4) is 5.75 Å². The molecule has 2 aromatic rings. The highest BCUT2D eigenvalue weighted by Gasteiger charge is 2.08. The molecule has 128 valence electrons. The van der Waals surface area contributed by atoms with Crippen LogP contribution in [0.4, 0.5) is 0 Å². The third kappa shape index (κ3) is 6.22. The molecule has 2 rings (SSSR count). The maximum Gasteiger partial charge on any atom is 0.234 e. The summed E-state index contributed by atoms with van der Waals surface area (Å²) in [6, 6.07) is 15.5. The van der Waals surface area contributed by atoms with Gasteiger partial charge in [-0.1, -0.05) is 41.9 Å². The molecule has 0 aliphatic heterocycles. The molecular formula is C19H23ClN2O2. The van der Waals surface area contributed by atoms with Gasteiger partial charge in [0.15, 0.2) is 0 Å². The van der Waals surface area contributed by atoms with Crippen molar-refractivity contribution in [3.05, 3.63) is 64.7 Å². The molecule has 0 aromatic heterocycles. The number of carbonyl (C=O) groups is 1. The first-order valence-corrected chi connectivity index (χ1v) is 8.30. The van der Waals surface area contributed by atoms with E-state index in [0.717, 1.165) is 21.9 Å². The monoisotopic (exact) mass is 346 g/mol. The van der Waals surface area contributed by atoms with Gasteiger partial charge in [-0.3, -0.25) is 9.69 Å². The zero-order valence-electron chi connectivity index (χ0n) is 14.1. The van der Waals surface area contributed by atoms with Crippen LogP contribution < -0.4 is 10.1 Å². The van der Waals surface area contributed by atoms with Gasteiger partial charge in [0.05, 0.1) is 13.1 Å². The lowest BCUT2D eigenvalue weighted by atomic mass is 10.2. The van der Waals surface area contributed by atoms with Gasteiger partial charge < -0.3 is 10.1 Å². The van der Waals surface area contributed by atoms with E-state index in [4.69, 9.17) is 16.3 Å². The first-order valence-electron chi connectivity index (χ1n) is 7.92. The number of amides is 1. The molecule has 24 heavy (non-hydrogen) atoms. The van der Waals surface area contributed by atoms with Crippen LogP contribution in [0.15, 0.2) is 48.5 Å². The highest BCUT2D eigenvalue weighted by atomic mass is 35.5. The number of likely N-dealkylation sites (N-methyl/N-ethyl adjacent to an activating group) is 1. The fourth-order valence-corrected chi connectivity index (χ4v) is 2.53. The maximum absolute atomic E-state index is 12.0. The van der Waals surface area contributed by atoms with Gasteiger partial charge in [-0.25, -0.2) is 0 Å². The molecule has 0 fully saturated rings. The van der Waals surface area contributed by atoms with E-state index in [9.17, 15) is 4.79 Å². The molecular weight excluding hydrogens is 324 g/mol. The predicted octanol–water partition coefficient (Wildman–Crippen LogP) is 3.28. The van der Waals surface area contributed by atoms with Crippen LogP contribution >= 0.6 is 11.6 Å². The molecule has 0 saturated heterocycles. The number of carbonyl (C=O) groups excluding carboxylic acids is 1. The largest absolute Gasteiger partial charge is 0.492 e. The maximum atomic E-state index is 12.0. The summed E-state index contributed by atoms with van der Waals surface area (Å²) < 4.78 is 5.61. The van der Waals surface area contributed by atoms with Gasteiger partial charge in [0.2, 0.25) is 5.91 Å². The van der Waals surface area contributed by atoms with Crippen molar-refractivity contribution in [2.24, 2.45) is 0 Å². The number of nitrogens with one attached hydrogen (secondary N) is 1. The van der Waals surface area contributed by atoms with Crippen molar-refractivity contribution in [1.29, 1.82) is 0 Å². The Hall–Kier alpha value is -2.04. The quantitative estimate of drug-likeness (QED) is 0.746. The molecule has 0 aliphatic rings. The molecule has 0 radical (unpaired) electrons. The summed E-state index contributed by atoms with van der Waals surface area (Å²) in [7, 11) is 1.89. The van der Waals surface area contributed by atoms with Crippen LogP contribution in [0.1, 0.15) is 11.1 Å². The summed E-state index contributed by atoms with van der Waals surface area (Å²) in [6.45, 7) is 3.89. The Labute approximate surface area is 148 Å². The van der Waals surface area contributed by atoms with Crippen LogP contribution in [0.25, 0.3) is 0 Å². The van der Waals surface area contributed by atoms with Crippen molar-refractivity contribution in [2.45, 2.75) is 13.5 Å². The molecule has 0 bridgehead atoms. The summed E-state index contributed by atoms with van der Waals surface area (Å²) in [5.74, 6) is 0.789. The van der Waals surface area contributed by atoms with E-state index in [0.29, 0.717) is 26.2 Å². The van der Waals surface area contributed by atoms with Crippen LogP contribution in [-0.2, 0) is 11.3 Å². The molecule has 1 N–H and O–H groups in total. The fraction of sp³-hybridized carbons (Fsp3) is 0.316. The average molecular weight is 347 g/mol. The number of hydrogen-bond donors (Lipinski definition) is 1. The minimum atomic E-state index is -0.0302. The van der Waals surface area contributed by atoms with Gasteiger partial charge in [0.1, 0.15) is 12.4 Å². The lowest BCUT2D eigenvalue weighted by molar-refractivity contribution is -0.122. The first-order chi connectivity index (χ1) is 11.5. The van der Waals surface area contributed by atoms with Gasteiger partial charge in [-0.15, -0.1) is 0 Å². The Morgan fingerprint density at radius 2 is 2.00 bits per heavy atom. The van der Waals surface area contributed by atoms with Crippen molar-refractivity contribution in [1.82, 2.24) is 10.2 Å². The number of nitrogens with zero attached hydrogens (tertiary/aromatic N) is 1. The van der Waals surface area contributed by atoms with E-state index in [1.165, 1.54) is 0 Å². The van der Waals surface area contributed by atoms with Gasteiger partial charge >= 0.3 is 0 Å². The van der Waals surface area contributed by atoms with E-state index in [1.807, 2.05) is 67.4 Å². The standard InChI is InChI=1S/C19H23ClN2O2/c1-15-6-5-8-17(12-15)24-11-10-21-19(23)14-22(2)13-16-7-3-4-9-18(16)20/h3-9,12H,10-11,13-14H2,1-2H3,(H,21,23). The molecule has 0 atom stereocenters. The predicted molar refractivity (Wildman–Crippen MR) is 97.5 cm³/mol. The molecule has 0 spiro atoms. The Kier molecular flexibility index (Phi) is 7.09. The van der Waals surface area contributed by atoms with E-state index in [1.54, 1.807) is 0 Å². The van der Waals surface area contributed by atoms with Crippen LogP contribution in [0.3, 0.4) is 0 Å². The van der Waals surface area contributed by atoms with Crippen molar-refractivity contribution < 1.29 is 9.53 Å². The number of halogens is 1. The zero-order chi connectivity index (χ0) is 17.4. The average Bonchev–Trinajstić information content (AvgIpc) is 2.54. The normalized spacial score (nSPS) is 10.7. The van der Waals surface area contributed by atoms with Crippen molar-refractivity contribution in [2.75, 3.05) is 26.7 Å². The highest BCUT2D eigenvalue weighted by molar-refractivity contribution is 6.31. The van der Waals surface area contributed by atoms with E-state index in [-0.39, 0.29) is 5.91 Å². The van der Waals surface area contributed by atoms with Crippen LogP contribution in [0.5, 0.6) is 5.75 Å². The summed E-state index contributed by atoms with van der Waals surface area (Å²) in [5.41, 5.74) is 2.16. The number of rotatable bonds is 8. The summed E-state index contributed by atoms with van der Waals surface area (Å²) in [5, 5.41) is 3.58. The van der Waals surface area contributed by atoms with Crippen LogP contribution in [0.2, 0.25) is 5.02 Å². The SMILES string of the molecule is Cc1cccc(OCCNC(=O)CN(C)Cc2ccccc2Cl)c1.